The zero-order valence-corrected chi connectivity index (χ0v) is 22.6. The number of carbonyl (C=O) groups excluding carboxylic acids is 2. The third kappa shape index (κ3) is 8.29. The minimum absolute atomic E-state index is 0.118. The Morgan fingerprint density at radius 3 is 2.68 bits per heavy atom. The van der Waals surface area contributed by atoms with Gasteiger partial charge in [0.25, 0.3) is 5.91 Å². The fraction of sp³-hybridized carbons (Fsp3) is 0.346. The van der Waals surface area contributed by atoms with Gasteiger partial charge >= 0.3 is 12.1 Å². The lowest BCUT2D eigenvalue weighted by atomic mass is 10.1. The molecule has 1 aliphatic rings. The number of thiocarbonyl (C=S) groups is 1. The fourth-order valence-electron chi connectivity index (χ4n) is 3.48. The number of nitrogens with one attached hydrogen (secondary N) is 1. The van der Waals surface area contributed by atoms with Crippen molar-refractivity contribution in [3.8, 4) is 11.3 Å². The molecule has 1 saturated heterocycles. The summed E-state index contributed by atoms with van der Waals surface area (Å²) >= 11 is 6.60. The Hall–Kier alpha value is -3.44. The van der Waals surface area contributed by atoms with E-state index < -0.39 is 17.7 Å². The lowest BCUT2D eigenvalue weighted by Gasteiger charge is -2.20. The standard InChI is InChI=1S/C26H30N4O5S2/c1-26(2,3)35-24(34)29-20-14-16(11-12-18(20)27)19-9-7-8-17(28-19)15-21-23(33)30(25(36)37-21)13-6-4-5-10-22(31)32/h7-9,11-12,14-15H,4-6,10,13,27H2,1-3H3,(H,29,34)(H,31,32). The van der Waals surface area contributed by atoms with E-state index in [1.807, 2.05) is 12.1 Å². The Balaban J connectivity index is 1.72. The Morgan fingerprint density at radius 2 is 1.97 bits per heavy atom. The van der Waals surface area contributed by atoms with Crippen LogP contribution >= 0.6 is 24.0 Å². The van der Waals surface area contributed by atoms with Gasteiger partial charge in [0.15, 0.2) is 0 Å². The van der Waals surface area contributed by atoms with Gasteiger partial charge in [-0.25, -0.2) is 9.78 Å². The Morgan fingerprint density at radius 1 is 1.22 bits per heavy atom. The minimum Gasteiger partial charge on any atom is -0.481 e. The van der Waals surface area contributed by atoms with E-state index >= 15 is 0 Å². The largest absolute Gasteiger partial charge is 0.481 e. The molecular formula is C26H30N4O5S2. The highest BCUT2D eigenvalue weighted by Gasteiger charge is 2.31. The summed E-state index contributed by atoms with van der Waals surface area (Å²) in [5.74, 6) is -1.01. The van der Waals surface area contributed by atoms with E-state index in [9.17, 15) is 14.4 Å². The number of carboxylic acid groups (broad SMARTS) is 1. The number of anilines is 2. The van der Waals surface area contributed by atoms with E-state index in [0.717, 1.165) is 5.56 Å². The number of thioether (sulfide) groups is 1. The van der Waals surface area contributed by atoms with Crippen LogP contribution in [0, 0.1) is 0 Å². The van der Waals surface area contributed by atoms with E-state index in [0.29, 0.717) is 57.8 Å². The van der Waals surface area contributed by atoms with Crippen LogP contribution in [0.15, 0.2) is 41.3 Å². The van der Waals surface area contributed by atoms with Crippen LogP contribution in [0.4, 0.5) is 16.2 Å². The molecule has 2 amide bonds. The maximum absolute atomic E-state index is 12.9. The Labute approximate surface area is 225 Å². The van der Waals surface area contributed by atoms with Crippen molar-refractivity contribution >= 4 is 63.7 Å². The van der Waals surface area contributed by atoms with Crippen LogP contribution in [-0.4, -0.2) is 49.4 Å². The van der Waals surface area contributed by atoms with E-state index in [4.69, 9.17) is 27.8 Å². The summed E-state index contributed by atoms with van der Waals surface area (Å²) in [5.41, 5.74) is 8.13. The van der Waals surface area contributed by atoms with Gasteiger partial charge in [0.2, 0.25) is 0 Å². The van der Waals surface area contributed by atoms with Gasteiger partial charge in [-0.15, -0.1) is 0 Å². The van der Waals surface area contributed by atoms with Crippen molar-refractivity contribution in [3.63, 3.8) is 0 Å². The third-order valence-electron chi connectivity index (χ3n) is 5.18. The molecule has 0 spiro atoms. The number of nitrogens with two attached hydrogens (primary N) is 1. The second-order valence-corrected chi connectivity index (χ2v) is 11.1. The molecule has 2 heterocycles. The molecule has 11 heteroatoms. The summed E-state index contributed by atoms with van der Waals surface area (Å²) in [6.45, 7) is 5.78. The van der Waals surface area contributed by atoms with Crippen LogP contribution in [0.25, 0.3) is 17.3 Å². The fourth-order valence-corrected chi connectivity index (χ4v) is 4.77. The normalized spacial score (nSPS) is 14.8. The predicted molar refractivity (Wildman–Crippen MR) is 150 cm³/mol. The number of ether oxygens (including phenoxy) is 1. The van der Waals surface area contributed by atoms with Gasteiger partial charge in [0.05, 0.1) is 27.7 Å². The number of aliphatic carboxylic acids is 1. The molecule has 1 aromatic heterocycles. The SMILES string of the molecule is CC(C)(C)OC(=O)Nc1cc(-c2cccc(C=C3SC(=S)N(CCCCCC(=O)O)C3=O)n2)ccc1N. The molecule has 0 atom stereocenters. The van der Waals surface area contributed by atoms with E-state index in [1.165, 1.54) is 11.8 Å². The second-order valence-electron chi connectivity index (χ2n) is 9.41. The quantitative estimate of drug-likeness (QED) is 0.162. The zero-order valence-electron chi connectivity index (χ0n) is 20.9. The topological polar surface area (TPSA) is 135 Å². The number of nitrogen functional groups attached to an aromatic ring is 1. The molecule has 9 nitrogen and oxygen atoms in total. The number of benzene rings is 1. The van der Waals surface area contributed by atoms with Crippen molar-refractivity contribution in [3.05, 3.63) is 47.0 Å². The molecule has 0 radical (unpaired) electrons. The van der Waals surface area contributed by atoms with Crippen LogP contribution in [0.1, 0.15) is 52.1 Å². The summed E-state index contributed by atoms with van der Waals surface area (Å²) in [6.07, 6.45) is 3.16. The summed E-state index contributed by atoms with van der Waals surface area (Å²) in [5, 5.41) is 11.4. The minimum atomic E-state index is -0.822. The first kappa shape index (κ1) is 28.1. The molecule has 0 unspecified atom stereocenters. The van der Waals surface area contributed by atoms with E-state index in [-0.39, 0.29) is 12.3 Å². The number of aromatic nitrogens is 1. The number of pyridine rings is 1. The van der Waals surface area contributed by atoms with Gasteiger partial charge in [-0.3, -0.25) is 19.8 Å². The van der Waals surface area contributed by atoms with Gasteiger partial charge in [0.1, 0.15) is 9.92 Å². The van der Waals surface area contributed by atoms with Crippen molar-refractivity contribution in [2.75, 3.05) is 17.6 Å². The van der Waals surface area contributed by atoms with Gasteiger partial charge in [-0.1, -0.05) is 42.5 Å². The lowest BCUT2D eigenvalue weighted by molar-refractivity contribution is -0.137. The van der Waals surface area contributed by atoms with Crippen LogP contribution in [0.3, 0.4) is 0 Å². The number of hydrogen-bond donors (Lipinski definition) is 3. The number of unbranched alkanes of at least 4 members (excludes halogenated alkanes) is 2. The number of carbonyl (C=O) groups is 3. The van der Waals surface area contributed by atoms with Crippen LogP contribution in [-0.2, 0) is 14.3 Å². The van der Waals surface area contributed by atoms with Crippen molar-refractivity contribution in [2.45, 2.75) is 52.1 Å². The first-order valence-electron chi connectivity index (χ1n) is 11.8. The molecule has 196 valence electrons. The molecule has 1 aromatic carbocycles. The highest BCUT2D eigenvalue weighted by molar-refractivity contribution is 8.26. The molecule has 1 aliphatic heterocycles. The lowest BCUT2D eigenvalue weighted by Crippen LogP contribution is -2.29. The Kier molecular flexibility index (Phi) is 9.28. The van der Waals surface area contributed by atoms with Crippen LogP contribution in [0.2, 0.25) is 0 Å². The van der Waals surface area contributed by atoms with Gasteiger partial charge in [-0.2, -0.15) is 0 Å². The summed E-state index contributed by atoms with van der Waals surface area (Å²) in [6, 6.07) is 10.6. The van der Waals surface area contributed by atoms with Crippen LogP contribution < -0.4 is 11.1 Å². The number of carboxylic acids is 1. The average Bonchev–Trinajstić information content (AvgIpc) is 3.06. The number of amides is 2. The summed E-state index contributed by atoms with van der Waals surface area (Å²) in [7, 11) is 0. The van der Waals surface area contributed by atoms with E-state index in [2.05, 4.69) is 10.3 Å². The zero-order chi connectivity index (χ0) is 27.2. The monoisotopic (exact) mass is 542 g/mol. The number of rotatable bonds is 9. The molecular weight excluding hydrogens is 512 g/mol. The van der Waals surface area contributed by atoms with Gasteiger partial charge in [0, 0.05) is 18.5 Å². The first-order chi connectivity index (χ1) is 17.4. The second kappa shape index (κ2) is 12.2. The highest BCUT2D eigenvalue weighted by Crippen LogP contribution is 2.33. The van der Waals surface area contributed by atoms with Crippen LogP contribution in [0.5, 0.6) is 0 Å². The third-order valence-corrected chi connectivity index (χ3v) is 6.56. The van der Waals surface area contributed by atoms with Crippen molar-refractivity contribution in [1.82, 2.24) is 9.88 Å². The van der Waals surface area contributed by atoms with Gasteiger partial charge < -0.3 is 15.6 Å². The van der Waals surface area contributed by atoms with Gasteiger partial charge in [-0.05, 0) is 64.0 Å². The maximum atomic E-state index is 12.9. The molecule has 0 aliphatic carbocycles. The van der Waals surface area contributed by atoms with E-state index in [1.54, 1.807) is 56.0 Å². The summed E-state index contributed by atoms with van der Waals surface area (Å²) < 4.78 is 5.78. The van der Waals surface area contributed by atoms with Crippen molar-refractivity contribution in [2.24, 2.45) is 0 Å². The van der Waals surface area contributed by atoms with Crippen molar-refractivity contribution < 1.29 is 24.2 Å². The first-order valence-corrected chi connectivity index (χ1v) is 13.0. The summed E-state index contributed by atoms with van der Waals surface area (Å²) in [4.78, 5) is 42.4. The molecule has 1 fully saturated rings. The number of nitrogens with zero attached hydrogens (tertiary/aromatic N) is 2. The molecule has 0 saturated carbocycles. The molecule has 2 aromatic rings. The average molecular weight is 543 g/mol. The van der Waals surface area contributed by atoms with Crippen molar-refractivity contribution in [1.29, 1.82) is 0 Å². The number of hydrogen-bond acceptors (Lipinski definition) is 8. The molecule has 0 bridgehead atoms. The predicted octanol–water partition coefficient (Wildman–Crippen LogP) is 5.52. The molecule has 3 rings (SSSR count). The maximum Gasteiger partial charge on any atom is 0.412 e. The molecule has 37 heavy (non-hydrogen) atoms. The smallest absolute Gasteiger partial charge is 0.412 e. The highest BCUT2D eigenvalue weighted by atomic mass is 32.2. The Bertz CT molecular complexity index is 1240. The molecule has 4 N–H and O–H groups in total.